The zero-order valence-electron chi connectivity index (χ0n) is 15.7. The minimum atomic E-state index is -0.141. The first kappa shape index (κ1) is 18.4. The van der Waals surface area contributed by atoms with E-state index in [0.29, 0.717) is 0 Å². The van der Waals surface area contributed by atoms with Crippen LogP contribution in [0.5, 0.6) is 0 Å². The molecule has 1 heterocycles. The second-order valence-corrected chi connectivity index (χ2v) is 6.62. The monoisotopic (exact) mass is 349 g/mol. The highest BCUT2D eigenvalue weighted by molar-refractivity contribution is 5.25. The van der Waals surface area contributed by atoms with Gasteiger partial charge in [-0.25, -0.2) is 0 Å². The fourth-order valence-corrected chi connectivity index (χ4v) is 3.02. The molecule has 0 spiro atoms. The lowest BCUT2D eigenvalue weighted by atomic mass is 10.1. The Morgan fingerprint density at radius 2 is 1.65 bits per heavy atom. The molecule has 4 heteroatoms. The summed E-state index contributed by atoms with van der Waals surface area (Å²) in [6.07, 6.45) is 2.67. The summed E-state index contributed by atoms with van der Waals surface area (Å²) < 4.78 is 8.36. The van der Waals surface area contributed by atoms with Crippen LogP contribution in [-0.2, 0) is 18.2 Å². The maximum atomic E-state index is 6.48. The van der Waals surface area contributed by atoms with Gasteiger partial charge in [0.1, 0.15) is 12.3 Å². The molecule has 3 aromatic rings. The van der Waals surface area contributed by atoms with Crippen molar-refractivity contribution in [1.82, 2.24) is 14.7 Å². The van der Waals surface area contributed by atoms with Gasteiger partial charge in [0.05, 0.1) is 5.69 Å². The van der Waals surface area contributed by atoms with Crippen LogP contribution in [0.15, 0.2) is 72.9 Å². The number of rotatable bonds is 8. The molecule has 0 aliphatic carbocycles. The molecule has 26 heavy (non-hydrogen) atoms. The molecule has 0 amide bonds. The molecule has 1 unspecified atom stereocenters. The van der Waals surface area contributed by atoms with Gasteiger partial charge in [-0.15, -0.1) is 0 Å². The second-order valence-electron chi connectivity index (χ2n) is 6.62. The number of benzene rings is 2. The number of aromatic nitrogens is 2. The van der Waals surface area contributed by atoms with Crippen LogP contribution in [0.3, 0.4) is 0 Å². The SMILES string of the molecule is C[C@@H](OC(c1ccccc1)c1ccnn1C)N(C)CCc1ccccc1. The largest absolute Gasteiger partial charge is 0.349 e. The third-order valence-electron chi connectivity index (χ3n) is 4.78. The number of hydrogen-bond acceptors (Lipinski definition) is 3. The van der Waals surface area contributed by atoms with Gasteiger partial charge in [-0.1, -0.05) is 60.7 Å². The Hall–Kier alpha value is -2.43. The summed E-state index contributed by atoms with van der Waals surface area (Å²) in [5.41, 5.74) is 3.54. The topological polar surface area (TPSA) is 30.3 Å². The molecule has 0 fully saturated rings. The van der Waals surface area contributed by atoms with E-state index in [-0.39, 0.29) is 12.3 Å². The highest BCUT2D eigenvalue weighted by Crippen LogP contribution is 2.27. The molecule has 0 N–H and O–H groups in total. The van der Waals surface area contributed by atoms with Crippen LogP contribution >= 0.6 is 0 Å². The second kappa shape index (κ2) is 8.79. The maximum Gasteiger partial charge on any atom is 0.126 e. The van der Waals surface area contributed by atoms with E-state index >= 15 is 0 Å². The minimum absolute atomic E-state index is 0.0150. The van der Waals surface area contributed by atoms with Crippen molar-refractivity contribution >= 4 is 0 Å². The van der Waals surface area contributed by atoms with E-state index in [1.165, 1.54) is 5.56 Å². The van der Waals surface area contributed by atoms with E-state index in [1.807, 2.05) is 42.2 Å². The molecule has 4 nitrogen and oxygen atoms in total. The number of hydrogen-bond donors (Lipinski definition) is 0. The quantitative estimate of drug-likeness (QED) is 0.575. The Kier molecular flexibility index (Phi) is 6.21. The van der Waals surface area contributed by atoms with Crippen LogP contribution in [0.4, 0.5) is 0 Å². The van der Waals surface area contributed by atoms with Gasteiger partial charge >= 0.3 is 0 Å². The van der Waals surface area contributed by atoms with Crippen molar-refractivity contribution in [2.75, 3.05) is 13.6 Å². The molecule has 0 aliphatic rings. The summed E-state index contributed by atoms with van der Waals surface area (Å²) >= 11 is 0. The molecule has 0 bridgehead atoms. The molecule has 0 radical (unpaired) electrons. The lowest BCUT2D eigenvalue weighted by molar-refractivity contribution is -0.0684. The summed E-state index contributed by atoms with van der Waals surface area (Å²) in [6, 6.07) is 22.9. The van der Waals surface area contributed by atoms with Crippen molar-refractivity contribution in [2.24, 2.45) is 7.05 Å². The molecular weight excluding hydrogens is 322 g/mol. The Morgan fingerprint density at radius 1 is 1.00 bits per heavy atom. The van der Waals surface area contributed by atoms with Gasteiger partial charge in [0.15, 0.2) is 0 Å². The van der Waals surface area contributed by atoms with Gasteiger partial charge in [-0.2, -0.15) is 5.10 Å². The fourth-order valence-electron chi connectivity index (χ4n) is 3.02. The smallest absolute Gasteiger partial charge is 0.126 e. The Balaban J connectivity index is 1.69. The first-order valence-electron chi connectivity index (χ1n) is 9.07. The first-order valence-corrected chi connectivity index (χ1v) is 9.07. The lowest BCUT2D eigenvalue weighted by Crippen LogP contribution is -2.34. The van der Waals surface area contributed by atoms with Crippen LogP contribution in [-0.4, -0.2) is 34.5 Å². The van der Waals surface area contributed by atoms with Gasteiger partial charge in [0, 0.05) is 19.8 Å². The number of likely N-dealkylation sites (N-methyl/N-ethyl adjacent to an activating group) is 1. The zero-order chi connectivity index (χ0) is 18.4. The minimum Gasteiger partial charge on any atom is -0.349 e. The van der Waals surface area contributed by atoms with Crippen molar-refractivity contribution < 1.29 is 4.74 Å². The maximum absolute atomic E-state index is 6.48. The highest BCUT2D eigenvalue weighted by atomic mass is 16.5. The predicted octanol–water partition coefficient (Wildman–Crippen LogP) is 4.05. The molecule has 2 atom stereocenters. The average molecular weight is 349 g/mol. The van der Waals surface area contributed by atoms with Gasteiger partial charge < -0.3 is 4.74 Å². The van der Waals surface area contributed by atoms with E-state index in [9.17, 15) is 0 Å². The van der Waals surface area contributed by atoms with Crippen LogP contribution in [0.25, 0.3) is 0 Å². The van der Waals surface area contributed by atoms with Gasteiger partial charge in [-0.3, -0.25) is 9.58 Å². The lowest BCUT2D eigenvalue weighted by Gasteiger charge is -2.29. The molecule has 136 valence electrons. The van der Waals surface area contributed by atoms with E-state index < -0.39 is 0 Å². The van der Waals surface area contributed by atoms with Crippen LogP contribution in [0, 0.1) is 0 Å². The van der Waals surface area contributed by atoms with Crippen molar-refractivity contribution in [2.45, 2.75) is 25.7 Å². The average Bonchev–Trinajstić information content (AvgIpc) is 3.11. The zero-order valence-corrected chi connectivity index (χ0v) is 15.7. The van der Waals surface area contributed by atoms with E-state index in [4.69, 9.17) is 4.74 Å². The van der Waals surface area contributed by atoms with Gasteiger partial charge in [-0.05, 0) is 37.6 Å². The van der Waals surface area contributed by atoms with Crippen LogP contribution in [0.1, 0.15) is 29.8 Å². The normalized spacial score (nSPS) is 13.7. The Labute approximate surface area is 156 Å². The van der Waals surface area contributed by atoms with Crippen molar-refractivity contribution in [1.29, 1.82) is 0 Å². The third-order valence-corrected chi connectivity index (χ3v) is 4.78. The standard InChI is InChI=1S/C22H27N3O/c1-18(24(2)17-15-19-10-6-4-7-11-19)26-22(20-12-8-5-9-13-20)21-14-16-23-25(21)3/h4-14,16,18,22H,15,17H2,1-3H3/t18-,22?/m1/s1. The Morgan fingerprint density at radius 3 is 2.27 bits per heavy atom. The summed E-state index contributed by atoms with van der Waals surface area (Å²) in [4.78, 5) is 2.25. The molecule has 3 rings (SSSR count). The molecule has 1 aromatic heterocycles. The van der Waals surface area contributed by atoms with Crippen molar-refractivity contribution in [3.05, 3.63) is 89.7 Å². The number of ether oxygens (including phenoxy) is 1. The predicted molar refractivity (Wildman–Crippen MR) is 105 cm³/mol. The Bertz CT molecular complexity index is 785. The van der Waals surface area contributed by atoms with E-state index in [0.717, 1.165) is 24.2 Å². The summed E-state index contributed by atoms with van der Waals surface area (Å²) in [6.45, 7) is 3.05. The number of nitrogens with zero attached hydrogens (tertiary/aromatic N) is 3. The van der Waals surface area contributed by atoms with Crippen molar-refractivity contribution in [3.8, 4) is 0 Å². The summed E-state index contributed by atoms with van der Waals surface area (Å²) in [5, 5.41) is 4.31. The fraction of sp³-hybridized carbons (Fsp3) is 0.318. The molecule has 2 aromatic carbocycles. The van der Waals surface area contributed by atoms with E-state index in [1.54, 1.807) is 0 Å². The van der Waals surface area contributed by atoms with Crippen molar-refractivity contribution in [3.63, 3.8) is 0 Å². The number of aryl methyl sites for hydroxylation is 1. The van der Waals surface area contributed by atoms with Crippen LogP contribution in [0.2, 0.25) is 0 Å². The summed E-state index contributed by atoms with van der Waals surface area (Å²) in [5.74, 6) is 0. The van der Waals surface area contributed by atoms with E-state index in [2.05, 4.69) is 66.4 Å². The molecular formula is C22H27N3O. The van der Waals surface area contributed by atoms with Crippen LogP contribution < -0.4 is 0 Å². The van der Waals surface area contributed by atoms with Gasteiger partial charge in [0.25, 0.3) is 0 Å². The summed E-state index contributed by atoms with van der Waals surface area (Å²) in [7, 11) is 4.07. The molecule has 0 saturated carbocycles. The van der Waals surface area contributed by atoms with Gasteiger partial charge in [0.2, 0.25) is 0 Å². The highest BCUT2D eigenvalue weighted by Gasteiger charge is 2.22. The third kappa shape index (κ3) is 4.59. The molecule has 0 saturated heterocycles. The first-order chi connectivity index (χ1) is 12.6. The molecule has 0 aliphatic heterocycles.